The zero-order chi connectivity index (χ0) is 18.2. The van der Waals surface area contributed by atoms with Crippen molar-refractivity contribution in [2.24, 2.45) is 0 Å². The quantitative estimate of drug-likeness (QED) is 0.813. The lowest BCUT2D eigenvalue weighted by atomic mass is 10.1. The molecule has 2 aromatic rings. The summed E-state index contributed by atoms with van der Waals surface area (Å²) in [6.07, 6.45) is -0.0771. The van der Waals surface area contributed by atoms with E-state index in [9.17, 15) is 18.8 Å². The number of esters is 2. The van der Waals surface area contributed by atoms with Gasteiger partial charge in [-0.3, -0.25) is 9.59 Å². The number of carbonyl (C=O) groups excluding carboxylic acids is 3. The zero-order valence-electron chi connectivity index (χ0n) is 13.5. The van der Waals surface area contributed by atoms with Crippen LogP contribution >= 0.6 is 0 Å². The molecule has 0 atom stereocenters. The molecule has 0 heterocycles. The molecule has 0 unspecified atom stereocenters. The summed E-state index contributed by atoms with van der Waals surface area (Å²) in [5.74, 6) is -2.21. The molecule has 6 nitrogen and oxygen atoms in total. The summed E-state index contributed by atoms with van der Waals surface area (Å²) in [5, 5.41) is 2.49. The zero-order valence-corrected chi connectivity index (χ0v) is 13.5. The summed E-state index contributed by atoms with van der Waals surface area (Å²) < 4.78 is 22.3. The van der Waals surface area contributed by atoms with Crippen molar-refractivity contribution in [1.82, 2.24) is 0 Å². The summed E-state index contributed by atoms with van der Waals surface area (Å²) in [7, 11) is 1.23. The topological polar surface area (TPSA) is 81.7 Å². The summed E-state index contributed by atoms with van der Waals surface area (Å²) in [6, 6.07) is 11.7. The second-order valence-corrected chi connectivity index (χ2v) is 5.05. The van der Waals surface area contributed by atoms with E-state index < -0.39 is 30.3 Å². The van der Waals surface area contributed by atoms with E-state index in [1.54, 1.807) is 12.1 Å². The van der Waals surface area contributed by atoms with E-state index in [1.807, 2.05) is 0 Å². The van der Waals surface area contributed by atoms with Crippen LogP contribution in [0.25, 0.3) is 0 Å². The highest BCUT2D eigenvalue weighted by Gasteiger charge is 2.14. The number of benzene rings is 2. The van der Waals surface area contributed by atoms with Crippen molar-refractivity contribution < 1.29 is 28.2 Å². The lowest BCUT2D eigenvalue weighted by molar-refractivity contribution is -0.146. The molecule has 25 heavy (non-hydrogen) atoms. The van der Waals surface area contributed by atoms with Crippen LogP contribution in [-0.2, 0) is 25.5 Å². The molecule has 1 N–H and O–H groups in total. The summed E-state index contributed by atoms with van der Waals surface area (Å²) in [5.41, 5.74) is 1.02. The fourth-order valence-electron chi connectivity index (χ4n) is 2.03. The molecular weight excluding hydrogens is 329 g/mol. The van der Waals surface area contributed by atoms with Crippen molar-refractivity contribution in [2.45, 2.75) is 6.42 Å². The van der Waals surface area contributed by atoms with E-state index in [0.29, 0.717) is 5.56 Å². The van der Waals surface area contributed by atoms with Crippen molar-refractivity contribution in [2.75, 3.05) is 19.0 Å². The fraction of sp³-hybridized carbons (Fsp3) is 0.167. The maximum atomic E-state index is 12.8. The molecule has 7 heteroatoms. The molecule has 0 saturated carbocycles. The van der Waals surface area contributed by atoms with Crippen molar-refractivity contribution in [1.29, 1.82) is 0 Å². The molecule has 0 spiro atoms. The van der Waals surface area contributed by atoms with E-state index in [4.69, 9.17) is 4.74 Å². The van der Waals surface area contributed by atoms with Gasteiger partial charge in [-0.05, 0) is 29.8 Å². The molecule has 0 aromatic heterocycles. The Morgan fingerprint density at radius 1 is 1.04 bits per heavy atom. The maximum Gasteiger partial charge on any atom is 0.339 e. The van der Waals surface area contributed by atoms with Crippen LogP contribution in [0.15, 0.2) is 48.5 Å². The number of amides is 1. The number of ether oxygens (including phenoxy) is 2. The minimum absolute atomic E-state index is 0.0771. The number of carbonyl (C=O) groups is 3. The molecule has 2 rings (SSSR count). The van der Waals surface area contributed by atoms with Crippen LogP contribution in [0.2, 0.25) is 0 Å². The molecule has 0 aliphatic heterocycles. The van der Waals surface area contributed by atoms with Gasteiger partial charge in [-0.25, -0.2) is 9.18 Å². The molecule has 0 aliphatic rings. The first kappa shape index (κ1) is 18.1. The SMILES string of the molecule is COC(=O)c1ccccc1NC(=O)COC(=O)Cc1ccc(F)cc1. The molecule has 0 saturated heterocycles. The van der Waals surface area contributed by atoms with Crippen LogP contribution in [0.5, 0.6) is 0 Å². The van der Waals surface area contributed by atoms with Crippen LogP contribution in [0, 0.1) is 5.82 Å². The Balaban J connectivity index is 1.87. The molecule has 0 aliphatic carbocycles. The van der Waals surface area contributed by atoms with Crippen LogP contribution in [-0.4, -0.2) is 31.6 Å². The number of anilines is 1. The Labute approximate surface area is 143 Å². The summed E-state index contributed by atoms with van der Waals surface area (Å²) >= 11 is 0. The smallest absolute Gasteiger partial charge is 0.339 e. The van der Waals surface area contributed by atoms with Crippen LogP contribution < -0.4 is 5.32 Å². The Bertz CT molecular complexity index is 773. The first-order chi connectivity index (χ1) is 12.0. The van der Waals surface area contributed by atoms with Gasteiger partial charge in [0.25, 0.3) is 5.91 Å². The normalized spacial score (nSPS) is 10.0. The number of nitrogens with one attached hydrogen (secondary N) is 1. The Morgan fingerprint density at radius 2 is 1.72 bits per heavy atom. The van der Waals surface area contributed by atoms with Crippen molar-refractivity contribution in [3.63, 3.8) is 0 Å². The largest absolute Gasteiger partial charge is 0.465 e. The van der Waals surface area contributed by atoms with Crippen molar-refractivity contribution in [3.8, 4) is 0 Å². The van der Waals surface area contributed by atoms with Crippen molar-refractivity contribution in [3.05, 3.63) is 65.5 Å². The number of hydrogen-bond acceptors (Lipinski definition) is 5. The Hall–Kier alpha value is -3.22. The molecular formula is C18H16FNO5. The van der Waals surface area contributed by atoms with Gasteiger partial charge >= 0.3 is 11.9 Å². The highest BCUT2D eigenvalue weighted by atomic mass is 19.1. The number of rotatable bonds is 6. The third kappa shape index (κ3) is 5.42. The minimum atomic E-state index is -0.622. The van der Waals surface area contributed by atoms with Gasteiger partial charge in [0, 0.05) is 0 Å². The first-order valence-electron chi connectivity index (χ1n) is 7.37. The standard InChI is InChI=1S/C18H16FNO5/c1-24-18(23)14-4-2-3-5-15(14)20-16(21)11-25-17(22)10-12-6-8-13(19)9-7-12/h2-9H,10-11H2,1H3,(H,20,21). The second-order valence-electron chi connectivity index (χ2n) is 5.05. The fourth-order valence-corrected chi connectivity index (χ4v) is 2.03. The van der Waals surface area contributed by atoms with Gasteiger partial charge in [0.05, 0.1) is 24.8 Å². The van der Waals surface area contributed by atoms with Crippen LogP contribution in [0.4, 0.5) is 10.1 Å². The van der Waals surface area contributed by atoms with E-state index >= 15 is 0 Å². The molecule has 0 fully saturated rings. The highest BCUT2D eigenvalue weighted by molar-refractivity contribution is 6.01. The third-order valence-corrected chi connectivity index (χ3v) is 3.23. The van der Waals surface area contributed by atoms with Gasteiger partial charge in [-0.2, -0.15) is 0 Å². The van der Waals surface area contributed by atoms with E-state index in [0.717, 1.165) is 0 Å². The van der Waals surface area contributed by atoms with Crippen LogP contribution in [0.3, 0.4) is 0 Å². The average Bonchev–Trinajstić information content (AvgIpc) is 2.62. The van der Waals surface area contributed by atoms with Gasteiger partial charge in [0.2, 0.25) is 0 Å². The van der Waals surface area contributed by atoms with Crippen LogP contribution in [0.1, 0.15) is 15.9 Å². The minimum Gasteiger partial charge on any atom is -0.465 e. The van der Waals surface area contributed by atoms with Gasteiger partial charge in [-0.15, -0.1) is 0 Å². The number of halogens is 1. The van der Waals surface area contributed by atoms with E-state index in [-0.39, 0.29) is 17.7 Å². The van der Waals surface area contributed by atoms with Gasteiger partial charge in [0.1, 0.15) is 5.82 Å². The van der Waals surface area contributed by atoms with E-state index in [1.165, 1.54) is 43.5 Å². The molecule has 1 amide bonds. The van der Waals surface area contributed by atoms with Crippen molar-refractivity contribution >= 4 is 23.5 Å². The summed E-state index contributed by atoms with van der Waals surface area (Å²) in [4.78, 5) is 35.2. The lowest BCUT2D eigenvalue weighted by Gasteiger charge is -2.10. The Kier molecular flexibility index (Phi) is 6.22. The highest BCUT2D eigenvalue weighted by Crippen LogP contribution is 2.15. The Morgan fingerprint density at radius 3 is 2.40 bits per heavy atom. The number of methoxy groups -OCH3 is 1. The molecule has 2 aromatic carbocycles. The predicted molar refractivity (Wildman–Crippen MR) is 87.5 cm³/mol. The van der Waals surface area contributed by atoms with Gasteiger partial charge < -0.3 is 14.8 Å². The first-order valence-corrected chi connectivity index (χ1v) is 7.37. The third-order valence-electron chi connectivity index (χ3n) is 3.23. The molecule has 130 valence electrons. The second kappa shape index (κ2) is 8.58. The number of hydrogen-bond donors (Lipinski definition) is 1. The lowest BCUT2D eigenvalue weighted by Crippen LogP contribution is -2.22. The average molecular weight is 345 g/mol. The van der Waals surface area contributed by atoms with E-state index in [2.05, 4.69) is 10.1 Å². The molecule has 0 bridgehead atoms. The molecule has 0 radical (unpaired) electrons. The maximum absolute atomic E-state index is 12.8. The van der Waals surface area contributed by atoms with Gasteiger partial charge in [-0.1, -0.05) is 24.3 Å². The summed E-state index contributed by atoms with van der Waals surface area (Å²) in [6.45, 7) is -0.504. The predicted octanol–water partition coefficient (Wildman–Crippen LogP) is 2.34. The van der Waals surface area contributed by atoms with Gasteiger partial charge in [0.15, 0.2) is 6.61 Å². The number of para-hydroxylation sites is 1. The monoisotopic (exact) mass is 345 g/mol.